The second-order valence-corrected chi connectivity index (χ2v) is 4.80. The van der Waals surface area contributed by atoms with E-state index in [1.807, 2.05) is 6.21 Å². The summed E-state index contributed by atoms with van der Waals surface area (Å²) in [5.74, 6) is 0.655. The van der Waals surface area contributed by atoms with Crippen molar-refractivity contribution in [1.29, 1.82) is 0 Å². The molecule has 0 unspecified atom stereocenters. The Morgan fingerprint density at radius 3 is 2.60 bits per heavy atom. The van der Waals surface area contributed by atoms with E-state index in [0.29, 0.717) is 11.0 Å². The Bertz CT molecular complexity index is 450. The summed E-state index contributed by atoms with van der Waals surface area (Å²) >= 11 is 11.9. The fourth-order valence-corrected chi connectivity index (χ4v) is 3.11. The molecule has 1 saturated carbocycles. The lowest BCUT2D eigenvalue weighted by atomic mass is 9.83. The zero-order valence-corrected chi connectivity index (χ0v) is 9.52. The van der Waals surface area contributed by atoms with Crippen LogP contribution in [0.25, 0.3) is 0 Å². The third kappa shape index (κ3) is 1.30. The Morgan fingerprint density at radius 2 is 1.87 bits per heavy atom. The minimum Gasteiger partial charge on any atom is -0.240 e. The molecule has 1 spiro atoms. The molecule has 1 aromatic heterocycles. The van der Waals surface area contributed by atoms with Gasteiger partial charge in [-0.25, -0.2) is 9.98 Å². The molecule has 0 aromatic carbocycles. The Kier molecular flexibility index (Phi) is 2.01. The molecule has 0 amide bonds. The molecule has 5 heteroatoms. The third-order valence-electron chi connectivity index (χ3n) is 3.25. The monoisotopic (exact) mass is 241 g/mol. The Hall–Kier alpha value is -0.670. The predicted molar refractivity (Wildman–Crippen MR) is 60.4 cm³/mol. The van der Waals surface area contributed by atoms with Gasteiger partial charge in [0, 0.05) is 17.2 Å². The van der Waals surface area contributed by atoms with Crippen LogP contribution in [0.5, 0.6) is 0 Å². The highest BCUT2D eigenvalue weighted by molar-refractivity contribution is 6.33. The molecule has 1 aromatic rings. The maximum absolute atomic E-state index is 6.13. The molecule has 0 radical (unpaired) electrons. The lowest BCUT2D eigenvalue weighted by Gasteiger charge is -2.20. The van der Waals surface area contributed by atoms with Gasteiger partial charge in [0.2, 0.25) is 5.28 Å². The highest BCUT2D eigenvalue weighted by Gasteiger charge is 2.42. The molecule has 2 aliphatic rings. The van der Waals surface area contributed by atoms with E-state index < -0.39 is 0 Å². The van der Waals surface area contributed by atoms with E-state index >= 15 is 0 Å². The van der Waals surface area contributed by atoms with E-state index in [1.54, 1.807) is 0 Å². The van der Waals surface area contributed by atoms with Crippen molar-refractivity contribution >= 4 is 35.2 Å². The summed E-state index contributed by atoms with van der Waals surface area (Å²) in [6.45, 7) is 0. The van der Waals surface area contributed by atoms with Crippen LogP contribution in [0.4, 0.5) is 5.82 Å². The zero-order valence-electron chi connectivity index (χ0n) is 8.00. The molecular formula is C10H9Cl2N3. The van der Waals surface area contributed by atoms with Crippen LogP contribution in [-0.4, -0.2) is 16.2 Å². The number of aliphatic imine (C=N–C) groups is 1. The lowest BCUT2D eigenvalue weighted by molar-refractivity contribution is 0.620. The summed E-state index contributed by atoms with van der Waals surface area (Å²) in [4.78, 5) is 12.4. The van der Waals surface area contributed by atoms with E-state index in [1.165, 1.54) is 12.8 Å². The Labute approximate surface area is 97.6 Å². The molecule has 0 atom stereocenters. The molecule has 3 rings (SSSR count). The normalized spacial score (nSPS) is 21.2. The van der Waals surface area contributed by atoms with Crippen LogP contribution < -0.4 is 0 Å². The first-order chi connectivity index (χ1) is 7.21. The van der Waals surface area contributed by atoms with Crippen LogP contribution in [0.3, 0.4) is 0 Å². The topological polar surface area (TPSA) is 38.1 Å². The highest BCUT2D eigenvalue weighted by atomic mass is 35.5. The van der Waals surface area contributed by atoms with E-state index in [-0.39, 0.29) is 10.7 Å². The molecule has 1 fully saturated rings. The van der Waals surface area contributed by atoms with Gasteiger partial charge in [-0.2, -0.15) is 4.98 Å². The first-order valence-corrected chi connectivity index (χ1v) is 5.76. The molecule has 0 bridgehead atoms. The molecule has 0 N–H and O–H groups in total. The zero-order chi connectivity index (χ0) is 10.5. The number of nitrogens with zero attached hydrogens (tertiary/aromatic N) is 3. The van der Waals surface area contributed by atoms with Crippen LogP contribution in [0.1, 0.15) is 31.2 Å². The van der Waals surface area contributed by atoms with Gasteiger partial charge in [-0.05, 0) is 24.4 Å². The predicted octanol–water partition coefficient (Wildman–Crippen LogP) is 3.31. The minimum atomic E-state index is -0.00297. The van der Waals surface area contributed by atoms with Crippen LogP contribution in [0.15, 0.2) is 4.99 Å². The first kappa shape index (κ1) is 9.55. The highest BCUT2D eigenvalue weighted by Crippen LogP contribution is 2.49. The summed E-state index contributed by atoms with van der Waals surface area (Å²) in [5, 5.41) is 0.635. The average molecular weight is 242 g/mol. The van der Waals surface area contributed by atoms with E-state index in [9.17, 15) is 0 Å². The SMILES string of the molecule is Clc1nc(Cl)c2c(n1)N=CC21CCCC1. The number of rotatable bonds is 0. The summed E-state index contributed by atoms with van der Waals surface area (Å²) < 4.78 is 0. The van der Waals surface area contributed by atoms with Gasteiger partial charge >= 0.3 is 0 Å². The maximum atomic E-state index is 6.13. The molecule has 2 heterocycles. The van der Waals surface area contributed by atoms with Gasteiger partial charge in [0.1, 0.15) is 5.15 Å². The van der Waals surface area contributed by atoms with Gasteiger partial charge in [0.05, 0.1) is 0 Å². The number of halogens is 2. The smallest absolute Gasteiger partial charge is 0.225 e. The third-order valence-corrected chi connectivity index (χ3v) is 3.69. The Balaban J connectivity index is 2.21. The summed E-state index contributed by atoms with van der Waals surface area (Å²) in [6.07, 6.45) is 6.58. The van der Waals surface area contributed by atoms with E-state index in [2.05, 4.69) is 15.0 Å². The fourth-order valence-electron chi connectivity index (χ4n) is 2.55. The van der Waals surface area contributed by atoms with Crippen molar-refractivity contribution in [1.82, 2.24) is 9.97 Å². The Morgan fingerprint density at radius 1 is 1.13 bits per heavy atom. The quantitative estimate of drug-likeness (QED) is 0.517. The molecule has 3 nitrogen and oxygen atoms in total. The molecule has 1 aliphatic carbocycles. The van der Waals surface area contributed by atoms with Crippen molar-refractivity contribution in [2.75, 3.05) is 0 Å². The first-order valence-electron chi connectivity index (χ1n) is 5.00. The van der Waals surface area contributed by atoms with Crippen molar-refractivity contribution in [2.45, 2.75) is 31.1 Å². The van der Waals surface area contributed by atoms with Crippen LogP contribution in [-0.2, 0) is 5.41 Å². The molecule has 0 saturated heterocycles. The number of hydrogen-bond donors (Lipinski definition) is 0. The van der Waals surface area contributed by atoms with Gasteiger partial charge in [-0.3, -0.25) is 0 Å². The second kappa shape index (κ2) is 3.16. The molecule has 1 aliphatic heterocycles. The summed E-state index contributed by atoms with van der Waals surface area (Å²) in [7, 11) is 0. The molecular weight excluding hydrogens is 233 g/mol. The maximum Gasteiger partial charge on any atom is 0.225 e. The largest absolute Gasteiger partial charge is 0.240 e. The van der Waals surface area contributed by atoms with Crippen molar-refractivity contribution in [3.05, 3.63) is 16.0 Å². The number of fused-ring (bicyclic) bond motifs is 2. The van der Waals surface area contributed by atoms with Gasteiger partial charge < -0.3 is 0 Å². The van der Waals surface area contributed by atoms with Crippen molar-refractivity contribution < 1.29 is 0 Å². The summed E-state index contributed by atoms with van der Waals surface area (Å²) in [5.41, 5.74) is 0.975. The van der Waals surface area contributed by atoms with Gasteiger partial charge in [0.25, 0.3) is 0 Å². The number of hydrogen-bond acceptors (Lipinski definition) is 3. The average Bonchev–Trinajstić information content (AvgIpc) is 2.76. The van der Waals surface area contributed by atoms with Crippen molar-refractivity contribution in [2.24, 2.45) is 4.99 Å². The molecule has 15 heavy (non-hydrogen) atoms. The minimum absolute atomic E-state index is 0.00297. The summed E-state index contributed by atoms with van der Waals surface area (Å²) in [6, 6.07) is 0. The molecule has 78 valence electrons. The van der Waals surface area contributed by atoms with Crippen LogP contribution in [0, 0.1) is 0 Å². The van der Waals surface area contributed by atoms with Gasteiger partial charge in [0.15, 0.2) is 5.82 Å². The van der Waals surface area contributed by atoms with Gasteiger partial charge in [-0.1, -0.05) is 24.4 Å². The van der Waals surface area contributed by atoms with E-state index in [0.717, 1.165) is 18.4 Å². The van der Waals surface area contributed by atoms with Gasteiger partial charge in [-0.15, -0.1) is 0 Å². The fraction of sp³-hybridized carbons (Fsp3) is 0.500. The lowest BCUT2D eigenvalue weighted by Crippen LogP contribution is -2.21. The van der Waals surface area contributed by atoms with Crippen molar-refractivity contribution in [3.63, 3.8) is 0 Å². The second-order valence-electron chi connectivity index (χ2n) is 4.10. The standard InChI is InChI=1S/C10H9Cl2N3/c11-7-6-8(15-9(12)14-7)13-5-10(6)3-1-2-4-10/h5H,1-4H2. The van der Waals surface area contributed by atoms with Crippen LogP contribution in [0.2, 0.25) is 10.4 Å². The van der Waals surface area contributed by atoms with Crippen LogP contribution >= 0.6 is 23.2 Å². The van der Waals surface area contributed by atoms with E-state index in [4.69, 9.17) is 23.2 Å². The van der Waals surface area contributed by atoms with Crippen molar-refractivity contribution in [3.8, 4) is 0 Å². The number of aromatic nitrogens is 2.